The Labute approximate surface area is 109 Å². The Balaban J connectivity index is 1.98. The van der Waals surface area contributed by atoms with Gasteiger partial charge in [-0.1, -0.05) is 32.4 Å². The molecule has 0 unspecified atom stereocenters. The van der Waals surface area contributed by atoms with E-state index in [1.54, 1.807) is 0 Å². The molecule has 0 spiro atoms. The average molecular weight is 250 g/mol. The normalized spacial score (nSPS) is 18.1. The van der Waals surface area contributed by atoms with Gasteiger partial charge in [0.2, 0.25) is 0 Å². The monoisotopic (exact) mass is 250 g/mol. The molecule has 1 aromatic carbocycles. The van der Waals surface area contributed by atoms with Crippen LogP contribution in [0.5, 0.6) is 0 Å². The second-order valence-electron chi connectivity index (χ2n) is 5.50. The number of rotatable bonds is 5. The van der Waals surface area contributed by atoms with Gasteiger partial charge in [-0.15, -0.1) is 11.8 Å². The van der Waals surface area contributed by atoms with E-state index in [4.69, 9.17) is 0 Å². The lowest BCUT2D eigenvalue weighted by molar-refractivity contribution is 0.0450. The van der Waals surface area contributed by atoms with Crippen LogP contribution in [-0.4, -0.2) is 17.0 Å². The van der Waals surface area contributed by atoms with E-state index in [1.807, 2.05) is 11.8 Å². The summed E-state index contributed by atoms with van der Waals surface area (Å²) in [7, 11) is 0. The fourth-order valence-electron chi connectivity index (χ4n) is 2.46. The summed E-state index contributed by atoms with van der Waals surface area (Å²) in [5.41, 5.74) is 1.57. The van der Waals surface area contributed by atoms with Gasteiger partial charge in [-0.2, -0.15) is 0 Å². The fraction of sp³-hybridized carbons (Fsp3) is 0.600. The Kier molecular flexibility index (Phi) is 4.16. The lowest BCUT2D eigenvalue weighted by Crippen LogP contribution is -2.35. The first-order valence-corrected chi connectivity index (χ1v) is 7.38. The molecule has 1 saturated carbocycles. The minimum absolute atomic E-state index is 0.201. The van der Waals surface area contributed by atoms with Gasteiger partial charge >= 0.3 is 0 Å². The van der Waals surface area contributed by atoms with Crippen LogP contribution in [0, 0.1) is 5.41 Å². The van der Waals surface area contributed by atoms with E-state index in [9.17, 15) is 5.11 Å². The molecular formula is C15H22OS. The molecule has 0 bridgehead atoms. The second kappa shape index (κ2) is 5.45. The molecule has 0 amide bonds. The molecule has 0 radical (unpaired) electrons. The van der Waals surface area contributed by atoms with Gasteiger partial charge in [-0.3, -0.25) is 0 Å². The third kappa shape index (κ3) is 3.26. The van der Waals surface area contributed by atoms with Crippen molar-refractivity contribution in [2.75, 3.05) is 6.61 Å². The van der Waals surface area contributed by atoms with Crippen molar-refractivity contribution in [3.8, 4) is 0 Å². The van der Waals surface area contributed by atoms with Crippen LogP contribution in [0.3, 0.4) is 0 Å². The first kappa shape index (κ1) is 13.0. The number of hydrogen-bond donors (Lipinski definition) is 1. The molecular weight excluding hydrogens is 228 g/mol. The quantitative estimate of drug-likeness (QED) is 0.800. The van der Waals surface area contributed by atoms with Crippen molar-refractivity contribution in [3.05, 3.63) is 29.8 Å². The Bertz CT molecular complexity index is 346. The molecule has 1 nitrogen and oxygen atoms in total. The molecule has 0 aromatic heterocycles. The highest BCUT2D eigenvalue weighted by Crippen LogP contribution is 2.43. The van der Waals surface area contributed by atoms with Crippen LogP contribution in [-0.2, 0) is 6.42 Å². The Morgan fingerprint density at radius 3 is 2.29 bits per heavy atom. The SMILES string of the molecule is CC(C)Sc1ccc(CC2(CO)CCC2)cc1. The van der Waals surface area contributed by atoms with Crippen molar-refractivity contribution in [1.82, 2.24) is 0 Å². The minimum atomic E-state index is 0.201. The van der Waals surface area contributed by atoms with E-state index < -0.39 is 0 Å². The zero-order valence-corrected chi connectivity index (χ0v) is 11.6. The molecule has 1 aliphatic rings. The van der Waals surface area contributed by atoms with Gasteiger partial charge < -0.3 is 5.11 Å². The van der Waals surface area contributed by atoms with Crippen molar-refractivity contribution in [2.24, 2.45) is 5.41 Å². The predicted octanol–water partition coefficient (Wildman–Crippen LogP) is 3.89. The minimum Gasteiger partial charge on any atom is -0.396 e. The van der Waals surface area contributed by atoms with Crippen molar-refractivity contribution in [2.45, 2.75) is 49.7 Å². The smallest absolute Gasteiger partial charge is 0.0490 e. The summed E-state index contributed by atoms with van der Waals surface area (Å²) in [5, 5.41) is 10.1. The van der Waals surface area contributed by atoms with Crippen LogP contribution in [0.15, 0.2) is 29.2 Å². The van der Waals surface area contributed by atoms with Crippen LogP contribution in [0.1, 0.15) is 38.7 Å². The van der Waals surface area contributed by atoms with Crippen molar-refractivity contribution in [1.29, 1.82) is 0 Å². The summed E-state index contributed by atoms with van der Waals surface area (Å²) in [5.74, 6) is 0. The number of aliphatic hydroxyl groups is 1. The van der Waals surface area contributed by atoms with Crippen LogP contribution in [0.4, 0.5) is 0 Å². The fourth-order valence-corrected chi connectivity index (χ4v) is 3.30. The number of benzene rings is 1. The molecule has 17 heavy (non-hydrogen) atoms. The maximum absolute atomic E-state index is 9.47. The topological polar surface area (TPSA) is 20.2 Å². The maximum Gasteiger partial charge on any atom is 0.0490 e. The van der Waals surface area contributed by atoms with Crippen molar-refractivity contribution >= 4 is 11.8 Å². The molecule has 0 aliphatic heterocycles. The summed E-state index contributed by atoms with van der Waals surface area (Å²) >= 11 is 1.90. The van der Waals surface area contributed by atoms with Gasteiger partial charge in [0, 0.05) is 16.8 Å². The van der Waals surface area contributed by atoms with E-state index >= 15 is 0 Å². The van der Waals surface area contributed by atoms with Gasteiger partial charge in [0.1, 0.15) is 0 Å². The highest BCUT2D eigenvalue weighted by molar-refractivity contribution is 7.99. The van der Waals surface area contributed by atoms with E-state index in [1.165, 1.54) is 29.7 Å². The standard InChI is InChI=1S/C15H22OS/c1-12(2)17-14-6-4-13(5-7-14)10-15(11-16)8-3-9-15/h4-7,12,16H,3,8-11H2,1-2H3. The highest BCUT2D eigenvalue weighted by Gasteiger charge is 2.36. The summed E-state index contributed by atoms with van der Waals surface area (Å²) in [6.07, 6.45) is 4.69. The number of aliphatic hydroxyl groups excluding tert-OH is 1. The first-order chi connectivity index (χ1) is 8.13. The average Bonchev–Trinajstić information content (AvgIpc) is 2.25. The summed E-state index contributed by atoms with van der Waals surface area (Å²) in [4.78, 5) is 1.34. The zero-order valence-electron chi connectivity index (χ0n) is 10.8. The number of thioether (sulfide) groups is 1. The maximum atomic E-state index is 9.47. The molecule has 1 aromatic rings. The van der Waals surface area contributed by atoms with Gasteiger partial charge in [0.05, 0.1) is 0 Å². The molecule has 0 atom stereocenters. The summed E-state index contributed by atoms with van der Waals surface area (Å²) in [6.45, 7) is 4.77. The summed E-state index contributed by atoms with van der Waals surface area (Å²) in [6, 6.07) is 8.87. The highest BCUT2D eigenvalue weighted by atomic mass is 32.2. The van der Waals surface area contributed by atoms with E-state index in [-0.39, 0.29) is 5.41 Å². The molecule has 2 heteroatoms. The van der Waals surface area contributed by atoms with Gasteiger partial charge in [0.15, 0.2) is 0 Å². The third-order valence-electron chi connectivity index (χ3n) is 3.62. The van der Waals surface area contributed by atoms with Crippen LogP contribution >= 0.6 is 11.8 Å². The lowest BCUT2D eigenvalue weighted by Gasteiger charge is -2.40. The first-order valence-electron chi connectivity index (χ1n) is 6.50. The van der Waals surface area contributed by atoms with Gasteiger partial charge in [-0.05, 0) is 42.4 Å². The molecule has 0 saturated heterocycles. The Hall–Kier alpha value is -0.470. The van der Waals surface area contributed by atoms with E-state index in [0.29, 0.717) is 11.9 Å². The molecule has 94 valence electrons. The van der Waals surface area contributed by atoms with Crippen molar-refractivity contribution < 1.29 is 5.11 Å². The largest absolute Gasteiger partial charge is 0.396 e. The predicted molar refractivity (Wildman–Crippen MR) is 74.5 cm³/mol. The molecule has 0 heterocycles. The van der Waals surface area contributed by atoms with E-state index in [0.717, 1.165) is 6.42 Å². The second-order valence-corrected chi connectivity index (χ2v) is 7.15. The van der Waals surface area contributed by atoms with Crippen LogP contribution in [0.25, 0.3) is 0 Å². The Morgan fingerprint density at radius 1 is 1.24 bits per heavy atom. The van der Waals surface area contributed by atoms with E-state index in [2.05, 4.69) is 38.1 Å². The van der Waals surface area contributed by atoms with Gasteiger partial charge in [0.25, 0.3) is 0 Å². The number of hydrogen-bond acceptors (Lipinski definition) is 2. The molecule has 1 aliphatic carbocycles. The zero-order chi connectivity index (χ0) is 12.3. The molecule has 1 N–H and O–H groups in total. The third-order valence-corrected chi connectivity index (χ3v) is 4.64. The van der Waals surface area contributed by atoms with Crippen molar-refractivity contribution in [3.63, 3.8) is 0 Å². The summed E-state index contributed by atoms with van der Waals surface area (Å²) < 4.78 is 0. The van der Waals surface area contributed by atoms with Crippen LogP contribution < -0.4 is 0 Å². The Morgan fingerprint density at radius 2 is 1.88 bits per heavy atom. The van der Waals surface area contributed by atoms with Crippen LogP contribution in [0.2, 0.25) is 0 Å². The lowest BCUT2D eigenvalue weighted by atomic mass is 9.66. The molecule has 2 rings (SSSR count). The van der Waals surface area contributed by atoms with Gasteiger partial charge in [-0.25, -0.2) is 0 Å². The molecule has 1 fully saturated rings.